The first-order valence-corrected chi connectivity index (χ1v) is 20.6. The number of carbonyl (C=O) groups excluding carboxylic acids is 2. The molecule has 2 unspecified atom stereocenters. The van der Waals surface area contributed by atoms with Crippen LogP contribution < -0.4 is 5.73 Å². The predicted molar refractivity (Wildman–Crippen MR) is 194 cm³/mol. The molecule has 46 heavy (non-hydrogen) atoms. The maximum Gasteiger partial charge on any atom is 0.356 e. The van der Waals surface area contributed by atoms with Crippen LogP contribution >= 0.6 is 7.60 Å². The minimum absolute atomic E-state index is 0.0566. The highest BCUT2D eigenvalue weighted by molar-refractivity contribution is 7.55. The Morgan fingerprint density at radius 2 is 0.870 bits per heavy atom. The predicted octanol–water partition coefficient (Wildman–Crippen LogP) is 10.4. The smallest absolute Gasteiger partial charge is 0.356 e. The molecular formula is C38H72NO6P. The Hall–Kier alpha value is -1.11. The van der Waals surface area contributed by atoms with Gasteiger partial charge in [-0.3, -0.25) is 14.2 Å². The van der Waals surface area contributed by atoms with Gasteiger partial charge >= 0.3 is 7.60 Å². The largest absolute Gasteiger partial charge is 0.382 e. The van der Waals surface area contributed by atoms with Crippen LogP contribution in [0.3, 0.4) is 0 Å². The minimum atomic E-state index is -5.28. The Labute approximate surface area is 282 Å². The highest BCUT2D eigenvalue weighted by Gasteiger charge is 2.57. The Morgan fingerprint density at radius 3 is 1.22 bits per heavy atom. The SMILES string of the molecule is CCCCCCCC/C=C\CCCCCCCC(=O)C(O)C(N)(C(=O)CCCCCCC/C=C\CCCCCCCC)P(=O)(O)O. The molecule has 0 aromatic heterocycles. The van der Waals surface area contributed by atoms with E-state index < -0.39 is 30.5 Å². The number of unbranched alkanes of at least 4 members (excludes halogenated alkanes) is 22. The Kier molecular flexibility index (Phi) is 29.3. The summed E-state index contributed by atoms with van der Waals surface area (Å²) in [6, 6.07) is 0. The number of ketones is 2. The van der Waals surface area contributed by atoms with Gasteiger partial charge < -0.3 is 20.6 Å². The number of hydrogen-bond acceptors (Lipinski definition) is 5. The molecule has 0 amide bonds. The van der Waals surface area contributed by atoms with Gasteiger partial charge in [-0.05, 0) is 64.2 Å². The standard InChI is InChI=1S/C38H72NO6P/c1-3-5-7-9-11-13-15-17-19-21-23-25-27-29-31-33-35(40)37(42)38(39,46(43,44)45)36(41)34-32-30-28-26-24-22-20-18-16-14-12-10-8-6-4-2/h17-20,37,42H,3-16,21-34,39H2,1-2H3,(H2,43,44,45)/b19-17-,20-18-. The third kappa shape index (κ3) is 22.5. The van der Waals surface area contributed by atoms with Gasteiger partial charge in [0.05, 0.1) is 0 Å². The van der Waals surface area contributed by atoms with E-state index in [0.29, 0.717) is 12.8 Å². The van der Waals surface area contributed by atoms with Gasteiger partial charge in [0, 0.05) is 12.8 Å². The van der Waals surface area contributed by atoms with E-state index in [0.717, 1.165) is 77.0 Å². The van der Waals surface area contributed by atoms with Gasteiger partial charge in [0.2, 0.25) is 5.28 Å². The highest BCUT2D eigenvalue weighted by Crippen LogP contribution is 2.50. The number of aliphatic hydroxyl groups is 1. The number of aliphatic hydroxyl groups excluding tert-OH is 1. The van der Waals surface area contributed by atoms with Crippen LogP contribution in [-0.2, 0) is 14.2 Å². The monoisotopic (exact) mass is 670 g/mol. The molecule has 0 bridgehead atoms. The second kappa shape index (κ2) is 30.0. The van der Waals surface area contributed by atoms with E-state index in [2.05, 4.69) is 38.2 Å². The zero-order chi connectivity index (χ0) is 34.4. The van der Waals surface area contributed by atoms with Gasteiger partial charge in [-0.1, -0.05) is 141 Å². The number of nitrogens with two attached hydrogens (primary N) is 1. The number of carbonyl (C=O) groups is 2. The number of hydrogen-bond donors (Lipinski definition) is 4. The Bertz CT molecular complexity index is 854. The average molecular weight is 670 g/mol. The van der Waals surface area contributed by atoms with Crippen LogP contribution in [0.25, 0.3) is 0 Å². The Morgan fingerprint density at radius 1 is 0.565 bits per heavy atom. The fourth-order valence-electron chi connectivity index (χ4n) is 5.78. The van der Waals surface area contributed by atoms with Crippen LogP contribution in [0.2, 0.25) is 0 Å². The lowest BCUT2D eigenvalue weighted by molar-refractivity contribution is -0.136. The van der Waals surface area contributed by atoms with Crippen molar-refractivity contribution < 1.29 is 29.0 Å². The molecule has 0 saturated heterocycles. The van der Waals surface area contributed by atoms with Crippen LogP contribution in [0.5, 0.6) is 0 Å². The van der Waals surface area contributed by atoms with E-state index in [1.165, 1.54) is 77.0 Å². The molecule has 0 spiro atoms. The summed E-state index contributed by atoms with van der Waals surface area (Å²) in [6.07, 6.45) is 35.1. The quantitative estimate of drug-likeness (QED) is 0.0304. The zero-order valence-corrected chi connectivity index (χ0v) is 30.7. The molecule has 270 valence electrons. The first-order chi connectivity index (χ1) is 22.1. The first kappa shape index (κ1) is 44.9. The summed E-state index contributed by atoms with van der Waals surface area (Å²) in [5.74, 6) is -1.72. The second-order valence-electron chi connectivity index (χ2n) is 13.3. The van der Waals surface area contributed by atoms with Crippen molar-refractivity contribution in [3.63, 3.8) is 0 Å². The lowest BCUT2D eigenvalue weighted by atomic mass is 9.95. The van der Waals surface area contributed by atoms with E-state index in [-0.39, 0.29) is 12.8 Å². The lowest BCUT2D eigenvalue weighted by Gasteiger charge is -2.32. The van der Waals surface area contributed by atoms with Crippen molar-refractivity contribution in [1.29, 1.82) is 0 Å². The Balaban J connectivity index is 4.16. The van der Waals surface area contributed by atoms with Crippen LogP contribution in [-0.4, -0.2) is 37.8 Å². The molecule has 5 N–H and O–H groups in total. The van der Waals surface area contributed by atoms with Gasteiger partial charge in [-0.2, -0.15) is 0 Å². The summed E-state index contributed by atoms with van der Waals surface area (Å²) in [5, 5.41) is 7.70. The minimum Gasteiger partial charge on any atom is -0.382 e. The molecule has 8 heteroatoms. The molecule has 0 aromatic rings. The molecule has 0 rings (SSSR count). The molecule has 0 radical (unpaired) electrons. The molecule has 0 aliphatic heterocycles. The topological polar surface area (TPSA) is 138 Å². The van der Waals surface area contributed by atoms with Crippen LogP contribution in [0.1, 0.15) is 194 Å². The van der Waals surface area contributed by atoms with E-state index in [1.54, 1.807) is 0 Å². The van der Waals surface area contributed by atoms with Gasteiger partial charge in [-0.15, -0.1) is 0 Å². The molecule has 7 nitrogen and oxygen atoms in total. The number of allylic oxidation sites excluding steroid dienone is 4. The van der Waals surface area contributed by atoms with Crippen LogP contribution in [0.4, 0.5) is 0 Å². The normalized spacial score (nSPS) is 14.3. The van der Waals surface area contributed by atoms with Crippen LogP contribution in [0, 0.1) is 0 Å². The third-order valence-corrected chi connectivity index (χ3v) is 10.5. The first-order valence-electron chi connectivity index (χ1n) is 19.0. The summed E-state index contributed by atoms with van der Waals surface area (Å²) in [7, 11) is -5.28. The number of rotatable bonds is 34. The molecule has 0 fully saturated rings. The van der Waals surface area contributed by atoms with Crippen molar-refractivity contribution in [3.05, 3.63) is 24.3 Å². The van der Waals surface area contributed by atoms with E-state index in [9.17, 15) is 29.0 Å². The lowest BCUT2D eigenvalue weighted by Crippen LogP contribution is -2.59. The maximum atomic E-state index is 12.9. The van der Waals surface area contributed by atoms with E-state index >= 15 is 0 Å². The summed E-state index contributed by atoms with van der Waals surface area (Å²) < 4.78 is 12.2. The van der Waals surface area contributed by atoms with E-state index in [4.69, 9.17) is 5.73 Å². The van der Waals surface area contributed by atoms with Crippen molar-refractivity contribution in [2.75, 3.05) is 0 Å². The zero-order valence-electron chi connectivity index (χ0n) is 29.8. The van der Waals surface area contributed by atoms with Gasteiger partial charge in [-0.25, -0.2) is 0 Å². The average Bonchev–Trinajstić information content (AvgIpc) is 3.03. The van der Waals surface area contributed by atoms with Gasteiger partial charge in [0.15, 0.2) is 11.6 Å². The summed E-state index contributed by atoms with van der Waals surface area (Å²) in [6.45, 7) is 4.47. The van der Waals surface area contributed by atoms with Crippen molar-refractivity contribution in [1.82, 2.24) is 0 Å². The fraction of sp³-hybridized carbons (Fsp3) is 0.842. The van der Waals surface area contributed by atoms with Crippen molar-refractivity contribution >= 4 is 19.2 Å². The van der Waals surface area contributed by atoms with Crippen molar-refractivity contribution in [3.8, 4) is 0 Å². The van der Waals surface area contributed by atoms with E-state index in [1.807, 2.05) is 0 Å². The highest BCUT2D eigenvalue weighted by atomic mass is 31.2. The molecule has 0 aliphatic carbocycles. The van der Waals surface area contributed by atoms with Gasteiger partial charge in [0.25, 0.3) is 0 Å². The second-order valence-corrected chi connectivity index (χ2v) is 15.2. The van der Waals surface area contributed by atoms with Crippen molar-refractivity contribution in [2.45, 2.75) is 205 Å². The number of Topliss-reactive ketones (excluding diaryl/α,β-unsaturated/α-hetero) is 2. The molecule has 0 saturated carbocycles. The third-order valence-electron chi connectivity index (χ3n) is 9.00. The molecule has 0 heterocycles. The molecule has 0 aliphatic rings. The summed E-state index contributed by atoms with van der Waals surface area (Å²) in [5.41, 5.74) is 5.88. The molecule has 2 atom stereocenters. The maximum absolute atomic E-state index is 12.9. The molecular weight excluding hydrogens is 597 g/mol. The van der Waals surface area contributed by atoms with Crippen molar-refractivity contribution in [2.24, 2.45) is 5.73 Å². The molecule has 0 aromatic carbocycles. The van der Waals surface area contributed by atoms with Gasteiger partial charge in [0.1, 0.15) is 6.10 Å². The van der Waals surface area contributed by atoms with Crippen LogP contribution in [0.15, 0.2) is 24.3 Å². The fourth-order valence-corrected chi connectivity index (χ4v) is 6.68. The summed E-state index contributed by atoms with van der Waals surface area (Å²) in [4.78, 5) is 45.3. The summed E-state index contributed by atoms with van der Waals surface area (Å²) >= 11 is 0.